The first-order valence-corrected chi connectivity index (χ1v) is 10.2. The molecule has 0 N–H and O–H groups in total. The monoisotopic (exact) mass is 378 g/mol. The van der Waals surface area contributed by atoms with E-state index in [-0.39, 0.29) is 24.2 Å². The minimum Gasteiger partial charge on any atom is -0.375 e. The normalized spacial score (nSPS) is 25.4. The van der Waals surface area contributed by atoms with Crippen molar-refractivity contribution in [3.8, 4) is 0 Å². The summed E-state index contributed by atoms with van der Waals surface area (Å²) in [4.78, 5) is 11.5. The number of benzene rings is 1. The molecule has 1 heterocycles. The molecule has 0 amide bonds. The largest absolute Gasteiger partial charge is 0.375 e. The smallest absolute Gasteiger partial charge is 0.128 e. The van der Waals surface area contributed by atoms with Crippen LogP contribution in [0.4, 0.5) is 0 Å². The van der Waals surface area contributed by atoms with E-state index < -0.39 is 0 Å². The van der Waals surface area contributed by atoms with Crippen LogP contribution >= 0.6 is 0 Å². The molecule has 152 valence electrons. The molecule has 1 saturated heterocycles. The van der Waals surface area contributed by atoms with Crippen LogP contribution in [0.3, 0.4) is 0 Å². The first-order valence-electron chi connectivity index (χ1n) is 10.2. The minimum absolute atomic E-state index is 0.228. The number of ether oxygens (including phenoxy) is 4. The molecule has 0 radical (unpaired) electrons. The third-order valence-electron chi connectivity index (χ3n) is 4.80. The lowest BCUT2D eigenvalue weighted by atomic mass is 9.93. The number of rotatable bonds is 13. The van der Waals surface area contributed by atoms with E-state index in [2.05, 4.69) is 13.8 Å². The maximum absolute atomic E-state index is 11.5. The molecule has 0 saturated carbocycles. The van der Waals surface area contributed by atoms with Crippen LogP contribution in [-0.4, -0.2) is 51.0 Å². The van der Waals surface area contributed by atoms with Crippen molar-refractivity contribution in [3.05, 3.63) is 35.9 Å². The summed E-state index contributed by atoms with van der Waals surface area (Å²) in [6, 6.07) is 10.1. The lowest BCUT2D eigenvalue weighted by Crippen LogP contribution is -2.54. The summed E-state index contributed by atoms with van der Waals surface area (Å²) >= 11 is 0. The van der Waals surface area contributed by atoms with E-state index in [0.717, 1.165) is 37.5 Å². The van der Waals surface area contributed by atoms with E-state index >= 15 is 0 Å². The number of unbranched alkanes of at least 4 members (excludes halogenated alkanes) is 2. The Bertz CT molecular complexity index is 507. The summed E-state index contributed by atoms with van der Waals surface area (Å²) in [6.07, 6.45) is 4.21. The molecule has 27 heavy (non-hydrogen) atoms. The van der Waals surface area contributed by atoms with Crippen molar-refractivity contribution >= 4 is 6.29 Å². The number of hydrogen-bond acceptors (Lipinski definition) is 5. The predicted molar refractivity (Wildman–Crippen MR) is 105 cm³/mol. The fourth-order valence-electron chi connectivity index (χ4n) is 3.15. The van der Waals surface area contributed by atoms with Crippen LogP contribution in [0.5, 0.6) is 0 Å². The van der Waals surface area contributed by atoms with E-state index in [1.165, 1.54) is 0 Å². The quantitative estimate of drug-likeness (QED) is 0.386. The number of hydrogen-bond donors (Lipinski definition) is 0. The highest BCUT2D eigenvalue weighted by Gasteiger charge is 2.42. The second-order valence-electron chi connectivity index (χ2n) is 7.05. The highest BCUT2D eigenvalue weighted by atomic mass is 16.6. The van der Waals surface area contributed by atoms with Gasteiger partial charge in [0.2, 0.25) is 0 Å². The molecule has 1 fully saturated rings. The van der Waals surface area contributed by atoms with Crippen LogP contribution in [0.2, 0.25) is 0 Å². The van der Waals surface area contributed by atoms with Gasteiger partial charge in [-0.1, -0.05) is 57.0 Å². The molecular weight excluding hydrogens is 344 g/mol. The molecule has 0 unspecified atom stereocenters. The number of carbonyl (C=O) groups is 1. The average Bonchev–Trinajstić information content (AvgIpc) is 2.70. The molecule has 5 heteroatoms. The molecule has 1 aliphatic rings. The van der Waals surface area contributed by atoms with E-state index in [4.69, 9.17) is 18.9 Å². The first-order chi connectivity index (χ1) is 13.3. The maximum atomic E-state index is 11.5. The van der Waals surface area contributed by atoms with Crippen molar-refractivity contribution in [2.75, 3.05) is 26.4 Å². The highest BCUT2D eigenvalue weighted by Crippen LogP contribution is 2.26. The summed E-state index contributed by atoms with van der Waals surface area (Å²) in [5.74, 6) is -0.293. The molecule has 0 spiro atoms. The topological polar surface area (TPSA) is 54.0 Å². The molecule has 1 aromatic carbocycles. The average molecular weight is 379 g/mol. The first kappa shape index (κ1) is 22.0. The van der Waals surface area contributed by atoms with Gasteiger partial charge in [0.25, 0.3) is 0 Å². The van der Waals surface area contributed by atoms with Crippen LogP contribution in [-0.2, 0) is 30.3 Å². The van der Waals surface area contributed by atoms with Gasteiger partial charge in [-0.3, -0.25) is 0 Å². The molecule has 0 bridgehead atoms. The van der Waals surface area contributed by atoms with Crippen molar-refractivity contribution in [2.24, 2.45) is 5.92 Å². The molecule has 0 aromatic heterocycles. The van der Waals surface area contributed by atoms with Gasteiger partial charge in [0, 0.05) is 13.2 Å². The summed E-state index contributed by atoms with van der Waals surface area (Å²) < 4.78 is 24.0. The van der Waals surface area contributed by atoms with Gasteiger partial charge in [0.1, 0.15) is 18.5 Å². The summed E-state index contributed by atoms with van der Waals surface area (Å²) in [5, 5.41) is 0. The Balaban J connectivity index is 1.97. The third kappa shape index (κ3) is 7.34. The fourth-order valence-corrected chi connectivity index (χ4v) is 3.15. The van der Waals surface area contributed by atoms with Crippen LogP contribution in [0.25, 0.3) is 0 Å². The van der Waals surface area contributed by atoms with Crippen LogP contribution < -0.4 is 0 Å². The zero-order valence-electron chi connectivity index (χ0n) is 16.7. The fraction of sp³-hybridized carbons (Fsp3) is 0.682. The van der Waals surface area contributed by atoms with Crippen molar-refractivity contribution in [1.82, 2.24) is 0 Å². The van der Waals surface area contributed by atoms with Gasteiger partial charge in [0.05, 0.1) is 31.8 Å². The summed E-state index contributed by atoms with van der Waals surface area (Å²) in [7, 11) is 0. The molecule has 4 atom stereocenters. The third-order valence-corrected chi connectivity index (χ3v) is 4.80. The molecule has 5 nitrogen and oxygen atoms in total. The van der Waals surface area contributed by atoms with Gasteiger partial charge in [-0.25, -0.2) is 0 Å². The Kier molecular flexibility index (Phi) is 10.6. The Morgan fingerprint density at radius 3 is 2.33 bits per heavy atom. The van der Waals surface area contributed by atoms with Gasteiger partial charge in [-0.05, 0) is 18.4 Å². The van der Waals surface area contributed by atoms with E-state index in [1.54, 1.807) is 0 Å². The van der Waals surface area contributed by atoms with Gasteiger partial charge < -0.3 is 23.7 Å². The predicted octanol–water partition coefficient (Wildman–Crippen LogP) is 3.79. The molecule has 2 rings (SSSR count). The van der Waals surface area contributed by atoms with Crippen molar-refractivity contribution < 1.29 is 23.7 Å². The summed E-state index contributed by atoms with van der Waals surface area (Å²) in [6.45, 7) is 6.83. The molecular formula is C22H34O5. The van der Waals surface area contributed by atoms with Gasteiger partial charge in [-0.15, -0.1) is 0 Å². The Morgan fingerprint density at radius 2 is 1.70 bits per heavy atom. The Morgan fingerprint density at radius 1 is 1.04 bits per heavy atom. The molecule has 0 aliphatic carbocycles. The highest BCUT2D eigenvalue weighted by molar-refractivity contribution is 5.55. The minimum atomic E-state index is -0.293. The zero-order chi connectivity index (χ0) is 19.3. The summed E-state index contributed by atoms with van der Waals surface area (Å²) in [5.41, 5.74) is 1.12. The lowest BCUT2D eigenvalue weighted by Gasteiger charge is -2.40. The zero-order valence-corrected chi connectivity index (χ0v) is 16.7. The second kappa shape index (κ2) is 13.0. The SMILES string of the molecule is CCCCO[C@@H]1[C@H](OCCCC)[C@H](C=O)CO[C@@H]1COCc1ccccc1. The maximum Gasteiger partial charge on any atom is 0.128 e. The lowest BCUT2D eigenvalue weighted by molar-refractivity contribution is -0.210. The molecule has 1 aliphatic heterocycles. The Hall–Kier alpha value is -1.27. The number of carbonyl (C=O) groups excluding carboxylic acids is 1. The van der Waals surface area contributed by atoms with Crippen LogP contribution in [0, 0.1) is 5.92 Å². The van der Waals surface area contributed by atoms with Crippen LogP contribution in [0.1, 0.15) is 45.1 Å². The molecule has 1 aromatic rings. The standard InChI is InChI=1S/C22H34O5/c1-3-5-12-25-21-19(14-23)16-27-20(22(21)26-13-6-4-2)17-24-15-18-10-8-7-9-11-18/h7-11,14,19-22H,3-6,12-13,15-17H2,1-2H3/t19-,20-,21-,22+/m1/s1. The van der Waals surface area contributed by atoms with E-state index in [9.17, 15) is 4.79 Å². The second-order valence-corrected chi connectivity index (χ2v) is 7.05. The van der Waals surface area contributed by atoms with Crippen molar-refractivity contribution in [2.45, 2.75) is 64.4 Å². The van der Waals surface area contributed by atoms with Crippen molar-refractivity contribution in [1.29, 1.82) is 0 Å². The van der Waals surface area contributed by atoms with Crippen LogP contribution in [0.15, 0.2) is 30.3 Å². The van der Waals surface area contributed by atoms with E-state index in [1.807, 2.05) is 30.3 Å². The van der Waals surface area contributed by atoms with Gasteiger partial charge >= 0.3 is 0 Å². The number of aldehydes is 1. The van der Waals surface area contributed by atoms with E-state index in [0.29, 0.717) is 33.0 Å². The van der Waals surface area contributed by atoms with Crippen molar-refractivity contribution in [3.63, 3.8) is 0 Å². The Labute approximate surface area is 163 Å². The van der Waals surface area contributed by atoms with Gasteiger partial charge in [0.15, 0.2) is 0 Å². The van der Waals surface area contributed by atoms with Gasteiger partial charge in [-0.2, -0.15) is 0 Å².